The van der Waals surface area contributed by atoms with E-state index >= 15 is 0 Å². The van der Waals surface area contributed by atoms with Gasteiger partial charge in [-0.1, -0.05) is 23.5 Å². The second-order valence-electron chi connectivity index (χ2n) is 4.18. The molecule has 92 valence electrons. The highest BCUT2D eigenvalue weighted by Gasteiger charge is 2.09. The molecule has 0 bridgehead atoms. The Kier molecular flexibility index (Phi) is 2.90. The fourth-order valence-corrected chi connectivity index (χ4v) is 2.82. The Balaban J connectivity index is 1.98. The third-order valence-corrected chi connectivity index (χ3v) is 4.07. The molecular formula is C15H11N3S. The fourth-order valence-electron chi connectivity index (χ4n) is 1.87. The predicted molar refractivity (Wildman–Crippen MR) is 78.8 cm³/mol. The van der Waals surface area contributed by atoms with E-state index in [1.807, 2.05) is 54.4 Å². The second-order valence-corrected chi connectivity index (χ2v) is 5.19. The third kappa shape index (κ3) is 2.16. The van der Waals surface area contributed by atoms with Gasteiger partial charge in [-0.15, -0.1) is 0 Å². The number of anilines is 2. The van der Waals surface area contributed by atoms with Crippen LogP contribution in [-0.2, 0) is 0 Å². The maximum absolute atomic E-state index is 8.81. The summed E-state index contributed by atoms with van der Waals surface area (Å²) in [6, 6.07) is 17.7. The number of hydrogen-bond donors (Lipinski definition) is 0. The molecule has 0 aliphatic carbocycles. The second kappa shape index (κ2) is 4.71. The van der Waals surface area contributed by atoms with Gasteiger partial charge in [0.25, 0.3) is 0 Å². The standard InChI is InChI=1S/C15H11N3S/c1-18(12-8-6-11(10-16)7-9-12)15-17-13-4-2-3-5-14(13)19-15/h2-9H,1H3. The minimum Gasteiger partial charge on any atom is -0.321 e. The molecule has 0 atom stereocenters. The maximum atomic E-state index is 8.81. The van der Waals surface area contributed by atoms with Crippen molar-refractivity contribution < 1.29 is 0 Å². The molecule has 1 heterocycles. The number of rotatable bonds is 2. The highest BCUT2D eigenvalue weighted by molar-refractivity contribution is 7.22. The summed E-state index contributed by atoms with van der Waals surface area (Å²) in [5.74, 6) is 0. The first-order chi connectivity index (χ1) is 9.28. The lowest BCUT2D eigenvalue weighted by atomic mass is 10.2. The SMILES string of the molecule is CN(c1ccc(C#N)cc1)c1nc2ccccc2s1. The van der Waals surface area contributed by atoms with Crippen molar-refractivity contribution in [1.82, 2.24) is 4.98 Å². The van der Waals surface area contributed by atoms with Crippen molar-refractivity contribution >= 4 is 32.4 Å². The molecule has 19 heavy (non-hydrogen) atoms. The summed E-state index contributed by atoms with van der Waals surface area (Å²) in [6.45, 7) is 0. The molecule has 1 aromatic heterocycles. The minimum absolute atomic E-state index is 0.668. The summed E-state index contributed by atoms with van der Waals surface area (Å²) in [7, 11) is 1.99. The lowest BCUT2D eigenvalue weighted by Gasteiger charge is -2.15. The summed E-state index contributed by atoms with van der Waals surface area (Å²) < 4.78 is 1.18. The van der Waals surface area contributed by atoms with Crippen LogP contribution >= 0.6 is 11.3 Å². The molecule has 3 aromatic rings. The van der Waals surface area contributed by atoms with Crippen LogP contribution in [0.4, 0.5) is 10.8 Å². The number of hydrogen-bond acceptors (Lipinski definition) is 4. The number of aromatic nitrogens is 1. The molecule has 0 N–H and O–H groups in total. The van der Waals surface area contributed by atoms with E-state index in [1.165, 1.54) is 4.70 Å². The van der Waals surface area contributed by atoms with Gasteiger partial charge >= 0.3 is 0 Å². The average Bonchev–Trinajstić information content (AvgIpc) is 2.90. The van der Waals surface area contributed by atoms with E-state index in [0.29, 0.717) is 5.56 Å². The van der Waals surface area contributed by atoms with Gasteiger partial charge in [-0.2, -0.15) is 5.26 Å². The van der Waals surface area contributed by atoms with E-state index in [2.05, 4.69) is 17.1 Å². The normalized spacial score (nSPS) is 10.3. The summed E-state index contributed by atoms with van der Waals surface area (Å²) in [6.07, 6.45) is 0. The Morgan fingerprint density at radius 2 is 1.84 bits per heavy atom. The van der Waals surface area contributed by atoms with E-state index in [4.69, 9.17) is 5.26 Å². The zero-order chi connectivity index (χ0) is 13.2. The number of thiazole rings is 1. The van der Waals surface area contributed by atoms with E-state index in [0.717, 1.165) is 16.3 Å². The van der Waals surface area contributed by atoms with Crippen LogP contribution in [0.3, 0.4) is 0 Å². The van der Waals surface area contributed by atoms with Crippen LogP contribution < -0.4 is 4.90 Å². The number of nitriles is 1. The van der Waals surface area contributed by atoms with E-state index < -0.39 is 0 Å². The predicted octanol–water partition coefficient (Wildman–Crippen LogP) is 3.94. The van der Waals surface area contributed by atoms with Crippen molar-refractivity contribution in [3.05, 3.63) is 54.1 Å². The van der Waals surface area contributed by atoms with Gasteiger partial charge in [0.15, 0.2) is 5.13 Å². The van der Waals surface area contributed by atoms with Gasteiger partial charge in [-0.3, -0.25) is 0 Å². The Morgan fingerprint density at radius 1 is 1.11 bits per heavy atom. The van der Waals surface area contributed by atoms with Crippen molar-refractivity contribution in [1.29, 1.82) is 5.26 Å². The summed E-state index contributed by atoms with van der Waals surface area (Å²) >= 11 is 1.66. The van der Waals surface area contributed by atoms with Crippen LogP contribution in [0, 0.1) is 11.3 Å². The first kappa shape index (κ1) is 11.7. The first-order valence-electron chi connectivity index (χ1n) is 5.87. The lowest BCUT2D eigenvalue weighted by molar-refractivity contribution is 1.18. The van der Waals surface area contributed by atoms with Crippen LogP contribution in [0.1, 0.15) is 5.56 Å². The van der Waals surface area contributed by atoms with E-state index in [9.17, 15) is 0 Å². The van der Waals surface area contributed by atoms with Crippen molar-refractivity contribution in [2.75, 3.05) is 11.9 Å². The third-order valence-electron chi connectivity index (χ3n) is 2.95. The smallest absolute Gasteiger partial charge is 0.190 e. The number of benzene rings is 2. The van der Waals surface area contributed by atoms with Crippen LogP contribution in [0.5, 0.6) is 0 Å². The van der Waals surface area contributed by atoms with Crippen molar-refractivity contribution in [2.45, 2.75) is 0 Å². The Bertz CT molecular complexity index is 720. The molecule has 0 unspecified atom stereocenters. The van der Waals surface area contributed by atoms with Crippen LogP contribution in [0.2, 0.25) is 0 Å². The molecular weight excluding hydrogens is 254 g/mol. The Morgan fingerprint density at radius 3 is 2.53 bits per heavy atom. The molecule has 3 nitrogen and oxygen atoms in total. The number of para-hydroxylation sites is 1. The lowest BCUT2D eigenvalue weighted by Crippen LogP contribution is -2.08. The van der Waals surface area contributed by atoms with Crippen LogP contribution in [0.15, 0.2) is 48.5 Å². The van der Waals surface area contributed by atoms with Gasteiger partial charge in [-0.05, 0) is 36.4 Å². The van der Waals surface area contributed by atoms with Crippen molar-refractivity contribution in [2.24, 2.45) is 0 Å². The van der Waals surface area contributed by atoms with Crippen LogP contribution in [-0.4, -0.2) is 12.0 Å². The molecule has 4 heteroatoms. The maximum Gasteiger partial charge on any atom is 0.190 e. The molecule has 0 radical (unpaired) electrons. The quantitative estimate of drug-likeness (QED) is 0.704. The topological polar surface area (TPSA) is 39.9 Å². The highest BCUT2D eigenvalue weighted by Crippen LogP contribution is 2.31. The molecule has 3 rings (SSSR count). The fraction of sp³-hybridized carbons (Fsp3) is 0.0667. The molecule has 0 saturated heterocycles. The molecule has 0 aliphatic rings. The molecule has 2 aromatic carbocycles. The Hall–Kier alpha value is -2.38. The van der Waals surface area contributed by atoms with Gasteiger partial charge in [0.2, 0.25) is 0 Å². The molecule has 0 spiro atoms. The highest BCUT2D eigenvalue weighted by atomic mass is 32.1. The number of nitrogens with zero attached hydrogens (tertiary/aromatic N) is 3. The average molecular weight is 265 g/mol. The van der Waals surface area contributed by atoms with Crippen molar-refractivity contribution in [3.8, 4) is 6.07 Å². The Labute approximate surface area is 115 Å². The molecule has 0 amide bonds. The largest absolute Gasteiger partial charge is 0.321 e. The molecule has 0 fully saturated rings. The van der Waals surface area contributed by atoms with Gasteiger partial charge in [0.05, 0.1) is 21.8 Å². The first-order valence-corrected chi connectivity index (χ1v) is 6.69. The zero-order valence-corrected chi connectivity index (χ0v) is 11.2. The molecule has 0 aliphatic heterocycles. The van der Waals surface area contributed by atoms with Gasteiger partial charge < -0.3 is 4.90 Å². The van der Waals surface area contributed by atoms with E-state index in [-0.39, 0.29) is 0 Å². The summed E-state index contributed by atoms with van der Waals surface area (Å²) in [5.41, 5.74) is 2.71. The minimum atomic E-state index is 0.668. The van der Waals surface area contributed by atoms with Crippen molar-refractivity contribution in [3.63, 3.8) is 0 Å². The van der Waals surface area contributed by atoms with E-state index in [1.54, 1.807) is 11.3 Å². The van der Waals surface area contributed by atoms with Gasteiger partial charge in [0, 0.05) is 12.7 Å². The zero-order valence-electron chi connectivity index (χ0n) is 10.4. The monoisotopic (exact) mass is 265 g/mol. The number of fused-ring (bicyclic) bond motifs is 1. The van der Waals surface area contributed by atoms with Crippen LogP contribution in [0.25, 0.3) is 10.2 Å². The van der Waals surface area contributed by atoms with Gasteiger partial charge in [0.1, 0.15) is 0 Å². The summed E-state index contributed by atoms with van der Waals surface area (Å²) in [5, 5.41) is 9.76. The molecule has 0 saturated carbocycles. The van der Waals surface area contributed by atoms with Gasteiger partial charge in [-0.25, -0.2) is 4.98 Å². The summed E-state index contributed by atoms with van der Waals surface area (Å²) in [4.78, 5) is 6.64.